The van der Waals surface area contributed by atoms with Gasteiger partial charge in [-0.2, -0.15) is 4.31 Å². The highest BCUT2D eigenvalue weighted by Crippen LogP contribution is 2.21. The molecule has 0 radical (unpaired) electrons. The Balaban J connectivity index is 1.28. The summed E-state index contributed by atoms with van der Waals surface area (Å²) in [5.41, 5.74) is 2.99. The maximum absolute atomic E-state index is 12.8. The molecule has 3 aromatic rings. The maximum Gasteiger partial charge on any atom is 0.243 e. The van der Waals surface area contributed by atoms with Gasteiger partial charge in [0.15, 0.2) is 0 Å². The zero-order chi connectivity index (χ0) is 23.3. The lowest BCUT2D eigenvalue weighted by Crippen LogP contribution is -2.35. The number of aromatic nitrogens is 2. The number of hydrogen-bond acceptors (Lipinski definition) is 4. The van der Waals surface area contributed by atoms with Crippen molar-refractivity contribution in [2.24, 2.45) is 0 Å². The molecule has 174 valence electrons. The molecule has 1 N–H and O–H groups in total. The van der Waals surface area contributed by atoms with Crippen LogP contribution in [-0.4, -0.2) is 41.3 Å². The van der Waals surface area contributed by atoms with Gasteiger partial charge in [-0.3, -0.25) is 4.79 Å². The standard InChI is InChI=1S/C25H30N4O3S/c1-20(22-8-10-23(11-9-22)28-18-15-26-19-28)27-25(30)14-7-21-5-12-24(13-6-21)33(31,32)29-16-3-2-4-17-29/h5-6,8-13,15,18-20H,2-4,7,14,16-17H2,1H3,(H,27,30)/t20-/m1/s1. The third-order valence-corrected chi connectivity index (χ3v) is 8.00. The first-order chi connectivity index (χ1) is 15.9. The predicted molar refractivity (Wildman–Crippen MR) is 127 cm³/mol. The van der Waals surface area contributed by atoms with Gasteiger partial charge >= 0.3 is 0 Å². The average molecular weight is 467 g/mol. The highest BCUT2D eigenvalue weighted by Gasteiger charge is 2.25. The number of carbonyl (C=O) groups is 1. The Labute approximate surface area is 195 Å². The van der Waals surface area contributed by atoms with Gasteiger partial charge in [0.1, 0.15) is 0 Å². The van der Waals surface area contributed by atoms with Gasteiger partial charge in [-0.15, -0.1) is 0 Å². The van der Waals surface area contributed by atoms with Crippen LogP contribution in [0.2, 0.25) is 0 Å². The minimum Gasteiger partial charge on any atom is -0.350 e. The fraction of sp³-hybridized carbons (Fsp3) is 0.360. The van der Waals surface area contributed by atoms with Crippen LogP contribution in [0.5, 0.6) is 0 Å². The van der Waals surface area contributed by atoms with Crippen LogP contribution in [0.4, 0.5) is 0 Å². The van der Waals surface area contributed by atoms with Crippen molar-refractivity contribution in [3.05, 3.63) is 78.4 Å². The first-order valence-electron chi connectivity index (χ1n) is 11.4. The summed E-state index contributed by atoms with van der Waals surface area (Å²) in [5.74, 6) is -0.0359. The van der Waals surface area contributed by atoms with Crippen molar-refractivity contribution in [2.75, 3.05) is 13.1 Å². The highest BCUT2D eigenvalue weighted by atomic mass is 32.2. The van der Waals surface area contributed by atoms with Crippen molar-refractivity contribution in [3.8, 4) is 5.69 Å². The molecule has 1 aliphatic heterocycles. The molecule has 33 heavy (non-hydrogen) atoms. The number of nitrogens with one attached hydrogen (secondary N) is 1. The number of sulfonamides is 1. The van der Waals surface area contributed by atoms with Crippen LogP contribution in [-0.2, 0) is 21.2 Å². The van der Waals surface area contributed by atoms with Crippen molar-refractivity contribution < 1.29 is 13.2 Å². The monoisotopic (exact) mass is 466 g/mol. The maximum atomic E-state index is 12.8. The molecule has 1 aliphatic rings. The summed E-state index contributed by atoms with van der Waals surface area (Å²) in [6, 6.07) is 14.8. The zero-order valence-electron chi connectivity index (χ0n) is 18.9. The number of hydrogen-bond donors (Lipinski definition) is 1. The molecule has 1 fully saturated rings. The molecule has 0 unspecified atom stereocenters. The molecule has 1 aromatic heterocycles. The Morgan fingerprint density at radius 1 is 1.03 bits per heavy atom. The van der Waals surface area contributed by atoms with Crippen LogP contribution in [0.15, 0.2) is 72.1 Å². The van der Waals surface area contributed by atoms with Gasteiger partial charge in [-0.05, 0) is 61.6 Å². The molecule has 1 atom stereocenters. The van der Waals surface area contributed by atoms with Crippen LogP contribution >= 0.6 is 0 Å². The van der Waals surface area contributed by atoms with E-state index < -0.39 is 10.0 Å². The molecule has 1 saturated heterocycles. The van der Waals surface area contributed by atoms with E-state index in [9.17, 15) is 13.2 Å². The topological polar surface area (TPSA) is 84.3 Å². The van der Waals surface area contributed by atoms with E-state index in [1.54, 1.807) is 29.0 Å². The van der Waals surface area contributed by atoms with Crippen LogP contribution < -0.4 is 5.32 Å². The van der Waals surface area contributed by atoms with Crippen molar-refractivity contribution in [2.45, 2.75) is 50.0 Å². The van der Waals surface area contributed by atoms with E-state index in [4.69, 9.17) is 0 Å². The molecule has 2 heterocycles. The SMILES string of the molecule is C[C@@H](NC(=O)CCc1ccc(S(=O)(=O)N2CCCCC2)cc1)c1ccc(-n2ccnc2)cc1. The average Bonchev–Trinajstić information content (AvgIpc) is 3.39. The lowest BCUT2D eigenvalue weighted by molar-refractivity contribution is -0.121. The van der Waals surface area contributed by atoms with Crippen LogP contribution in [0.25, 0.3) is 5.69 Å². The first-order valence-corrected chi connectivity index (χ1v) is 12.8. The van der Waals surface area contributed by atoms with Gasteiger partial charge in [-0.25, -0.2) is 13.4 Å². The van der Waals surface area contributed by atoms with Crippen molar-refractivity contribution in [1.82, 2.24) is 19.2 Å². The van der Waals surface area contributed by atoms with Crippen LogP contribution in [0, 0.1) is 0 Å². The van der Waals surface area contributed by atoms with E-state index in [-0.39, 0.29) is 11.9 Å². The molecule has 4 rings (SSSR count). The second-order valence-electron chi connectivity index (χ2n) is 8.46. The van der Waals surface area contributed by atoms with Crippen LogP contribution in [0.3, 0.4) is 0 Å². The van der Waals surface area contributed by atoms with E-state index in [0.717, 1.165) is 36.1 Å². The van der Waals surface area contributed by atoms with Gasteiger partial charge in [0.05, 0.1) is 17.3 Å². The summed E-state index contributed by atoms with van der Waals surface area (Å²) in [7, 11) is -3.43. The summed E-state index contributed by atoms with van der Waals surface area (Å²) in [5, 5.41) is 3.04. The third kappa shape index (κ3) is 5.69. The smallest absolute Gasteiger partial charge is 0.243 e. The number of aryl methyl sites for hydroxylation is 1. The first kappa shape index (κ1) is 23.2. The second kappa shape index (κ2) is 10.3. The Bertz CT molecular complexity index is 1150. The minimum absolute atomic E-state index is 0.0359. The minimum atomic E-state index is -3.43. The largest absolute Gasteiger partial charge is 0.350 e. The van der Waals surface area contributed by atoms with Gasteiger partial charge in [0, 0.05) is 37.6 Å². The Hall–Kier alpha value is -2.97. The molecular weight excluding hydrogens is 436 g/mol. The van der Waals surface area contributed by atoms with Gasteiger partial charge in [0.2, 0.25) is 15.9 Å². The molecule has 0 aliphatic carbocycles. The molecule has 8 heteroatoms. The van der Waals surface area contributed by atoms with Crippen LogP contribution in [0.1, 0.15) is 49.8 Å². The molecule has 0 spiro atoms. The molecule has 7 nitrogen and oxygen atoms in total. The van der Waals surface area contributed by atoms with Crippen molar-refractivity contribution >= 4 is 15.9 Å². The fourth-order valence-electron chi connectivity index (χ4n) is 4.08. The molecule has 0 bridgehead atoms. The van der Waals surface area contributed by atoms with E-state index >= 15 is 0 Å². The summed E-state index contributed by atoms with van der Waals surface area (Å²) in [6.07, 6.45) is 9.18. The number of imidazole rings is 1. The Morgan fingerprint density at radius 3 is 2.36 bits per heavy atom. The summed E-state index contributed by atoms with van der Waals surface area (Å²) in [6.45, 7) is 3.15. The van der Waals surface area contributed by atoms with E-state index in [1.807, 2.05) is 54.1 Å². The fourth-order valence-corrected chi connectivity index (χ4v) is 5.60. The Kier molecular flexibility index (Phi) is 7.25. The zero-order valence-corrected chi connectivity index (χ0v) is 19.7. The van der Waals surface area contributed by atoms with Crippen molar-refractivity contribution in [1.29, 1.82) is 0 Å². The van der Waals surface area contributed by atoms with Crippen molar-refractivity contribution in [3.63, 3.8) is 0 Å². The van der Waals surface area contributed by atoms with Gasteiger partial charge in [0.25, 0.3) is 0 Å². The molecule has 1 amide bonds. The highest BCUT2D eigenvalue weighted by molar-refractivity contribution is 7.89. The lowest BCUT2D eigenvalue weighted by atomic mass is 10.1. The summed E-state index contributed by atoms with van der Waals surface area (Å²) >= 11 is 0. The normalized spacial score (nSPS) is 15.8. The quantitative estimate of drug-likeness (QED) is 0.546. The Morgan fingerprint density at radius 2 is 1.73 bits per heavy atom. The number of carbonyl (C=O) groups excluding carboxylic acids is 1. The number of amides is 1. The predicted octanol–water partition coefficient (Wildman–Crippen LogP) is 3.86. The lowest BCUT2D eigenvalue weighted by Gasteiger charge is -2.25. The summed E-state index contributed by atoms with van der Waals surface area (Å²) < 4.78 is 29.0. The molecule has 2 aromatic carbocycles. The number of piperidine rings is 1. The molecular formula is C25H30N4O3S. The third-order valence-electron chi connectivity index (χ3n) is 6.09. The number of nitrogens with zero attached hydrogens (tertiary/aromatic N) is 3. The number of rotatable bonds is 8. The van der Waals surface area contributed by atoms with E-state index in [2.05, 4.69) is 10.3 Å². The van der Waals surface area contributed by atoms with E-state index in [1.165, 1.54) is 0 Å². The second-order valence-corrected chi connectivity index (χ2v) is 10.4. The van der Waals surface area contributed by atoms with Gasteiger partial charge < -0.3 is 9.88 Å². The molecule has 0 saturated carbocycles. The van der Waals surface area contributed by atoms with Gasteiger partial charge in [-0.1, -0.05) is 30.7 Å². The number of benzene rings is 2. The summed E-state index contributed by atoms with van der Waals surface area (Å²) in [4.78, 5) is 16.8. The van der Waals surface area contributed by atoms with E-state index in [0.29, 0.717) is 30.8 Å².